The molecule has 2 heteroatoms. The fraction of sp³-hybridized carbons (Fsp3) is 0.250. The number of hydrogen-bond acceptors (Lipinski definition) is 2. The minimum atomic E-state index is 0.899. The molecule has 0 fully saturated rings. The van der Waals surface area contributed by atoms with Crippen molar-refractivity contribution in [1.82, 2.24) is 0 Å². The number of nitrogens with one attached hydrogen (secondary N) is 1. The highest BCUT2D eigenvalue weighted by molar-refractivity contribution is 5.73. The van der Waals surface area contributed by atoms with E-state index in [0.29, 0.717) is 0 Å². The van der Waals surface area contributed by atoms with Crippen molar-refractivity contribution in [3.8, 4) is 0 Å². The van der Waals surface area contributed by atoms with E-state index in [2.05, 4.69) is 29.4 Å². The number of para-hydroxylation sites is 1. The van der Waals surface area contributed by atoms with Gasteiger partial charge < -0.3 is 10.2 Å². The van der Waals surface area contributed by atoms with Crippen LogP contribution in [-0.2, 0) is 0 Å². The normalized spacial score (nSPS) is 14.7. The summed E-state index contributed by atoms with van der Waals surface area (Å²) in [5, 5.41) is 3.24. The molecule has 51 valence electrons. The molecule has 0 aliphatic carbocycles. The molecular formula is C8H9N2. The zero-order valence-electron chi connectivity index (χ0n) is 5.89. The maximum absolute atomic E-state index is 3.24. The lowest BCUT2D eigenvalue weighted by Gasteiger charge is -2.07. The molecule has 1 heterocycles. The number of anilines is 2. The SMILES string of the molecule is CN1CNc2ccc[c]c21. The van der Waals surface area contributed by atoms with Gasteiger partial charge in [-0.3, -0.25) is 0 Å². The highest BCUT2D eigenvalue weighted by atomic mass is 15.3. The molecule has 0 unspecified atom stereocenters. The lowest BCUT2D eigenvalue weighted by atomic mass is 10.3. The topological polar surface area (TPSA) is 15.3 Å². The zero-order chi connectivity index (χ0) is 6.97. The van der Waals surface area contributed by atoms with Crippen LogP contribution in [0.5, 0.6) is 0 Å². The van der Waals surface area contributed by atoms with Crippen molar-refractivity contribution >= 4 is 11.4 Å². The van der Waals surface area contributed by atoms with Gasteiger partial charge in [0.25, 0.3) is 0 Å². The monoisotopic (exact) mass is 133 g/mol. The molecule has 1 radical (unpaired) electrons. The molecule has 2 rings (SSSR count). The van der Waals surface area contributed by atoms with E-state index in [1.165, 1.54) is 11.4 Å². The van der Waals surface area contributed by atoms with E-state index >= 15 is 0 Å². The average molecular weight is 133 g/mol. The van der Waals surface area contributed by atoms with Crippen LogP contribution >= 0.6 is 0 Å². The Balaban J connectivity index is 2.51. The van der Waals surface area contributed by atoms with Crippen LogP contribution in [0.3, 0.4) is 0 Å². The van der Waals surface area contributed by atoms with Crippen LogP contribution in [0.2, 0.25) is 0 Å². The Hall–Kier alpha value is -1.18. The molecule has 10 heavy (non-hydrogen) atoms. The van der Waals surface area contributed by atoms with Crippen LogP contribution in [0, 0.1) is 6.07 Å². The second-order valence-corrected chi connectivity index (χ2v) is 2.47. The third kappa shape index (κ3) is 0.652. The largest absolute Gasteiger partial charge is 0.366 e. The summed E-state index contributed by atoms with van der Waals surface area (Å²) in [4.78, 5) is 2.13. The third-order valence-corrected chi connectivity index (χ3v) is 1.72. The summed E-state index contributed by atoms with van der Waals surface area (Å²) in [6, 6.07) is 9.15. The Morgan fingerprint density at radius 2 is 2.60 bits per heavy atom. The molecule has 0 spiro atoms. The van der Waals surface area contributed by atoms with Gasteiger partial charge >= 0.3 is 0 Å². The quantitative estimate of drug-likeness (QED) is 0.574. The molecule has 0 saturated carbocycles. The number of fused-ring (bicyclic) bond motifs is 1. The Morgan fingerprint density at radius 1 is 1.70 bits per heavy atom. The van der Waals surface area contributed by atoms with Crippen molar-refractivity contribution in [1.29, 1.82) is 0 Å². The maximum atomic E-state index is 3.24. The van der Waals surface area contributed by atoms with Crippen LogP contribution in [0.4, 0.5) is 11.4 Å². The molecule has 0 bridgehead atoms. The van der Waals surface area contributed by atoms with Gasteiger partial charge in [0.15, 0.2) is 0 Å². The van der Waals surface area contributed by atoms with Gasteiger partial charge in [0.1, 0.15) is 0 Å². The van der Waals surface area contributed by atoms with Crippen LogP contribution in [0.1, 0.15) is 0 Å². The van der Waals surface area contributed by atoms with E-state index in [4.69, 9.17) is 0 Å². The number of nitrogens with zero attached hydrogens (tertiary/aromatic N) is 1. The second kappa shape index (κ2) is 1.90. The van der Waals surface area contributed by atoms with Crippen molar-refractivity contribution < 1.29 is 0 Å². The summed E-state index contributed by atoms with van der Waals surface area (Å²) in [5.74, 6) is 0. The molecule has 2 nitrogen and oxygen atoms in total. The summed E-state index contributed by atoms with van der Waals surface area (Å²) in [6.07, 6.45) is 0. The van der Waals surface area contributed by atoms with Gasteiger partial charge in [0.05, 0.1) is 18.0 Å². The summed E-state index contributed by atoms with van der Waals surface area (Å²) < 4.78 is 0. The summed E-state index contributed by atoms with van der Waals surface area (Å²) in [7, 11) is 2.05. The van der Waals surface area contributed by atoms with E-state index in [1.54, 1.807) is 0 Å². The first-order valence-corrected chi connectivity index (χ1v) is 3.33. The van der Waals surface area contributed by atoms with Crippen LogP contribution in [0.15, 0.2) is 18.2 Å². The highest BCUT2D eigenvalue weighted by Crippen LogP contribution is 2.27. The minimum Gasteiger partial charge on any atom is -0.366 e. The minimum absolute atomic E-state index is 0.899. The first-order valence-electron chi connectivity index (χ1n) is 3.33. The van der Waals surface area contributed by atoms with Crippen LogP contribution in [-0.4, -0.2) is 13.7 Å². The summed E-state index contributed by atoms with van der Waals surface area (Å²) in [5.41, 5.74) is 2.35. The molecule has 0 amide bonds. The van der Waals surface area contributed by atoms with Crippen molar-refractivity contribution in [3.63, 3.8) is 0 Å². The van der Waals surface area contributed by atoms with E-state index in [0.717, 1.165) is 6.67 Å². The molecule has 1 aliphatic rings. The third-order valence-electron chi connectivity index (χ3n) is 1.72. The lowest BCUT2D eigenvalue weighted by molar-refractivity contribution is 1.03. The van der Waals surface area contributed by atoms with Crippen LogP contribution in [0.25, 0.3) is 0 Å². The molecule has 0 aromatic heterocycles. The Labute approximate surface area is 60.5 Å². The fourth-order valence-corrected chi connectivity index (χ4v) is 1.17. The smallest absolute Gasteiger partial charge is 0.0874 e. The molecule has 0 atom stereocenters. The second-order valence-electron chi connectivity index (χ2n) is 2.47. The van der Waals surface area contributed by atoms with Gasteiger partial charge in [-0.2, -0.15) is 0 Å². The summed E-state index contributed by atoms with van der Waals surface area (Å²) in [6.45, 7) is 0.899. The molecule has 1 aliphatic heterocycles. The van der Waals surface area contributed by atoms with Crippen molar-refractivity contribution in [2.75, 3.05) is 23.9 Å². The van der Waals surface area contributed by atoms with Crippen molar-refractivity contribution in [2.24, 2.45) is 0 Å². The van der Waals surface area contributed by atoms with E-state index in [1.807, 2.05) is 12.1 Å². The maximum Gasteiger partial charge on any atom is 0.0874 e. The predicted octanol–water partition coefficient (Wildman–Crippen LogP) is 1.31. The van der Waals surface area contributed by atoms with E-state index < -0.39 is 0 Å². The van der Waals surface area contributed by atoms with Crippen molar-refractivity contribution in [3.05, 3.63) is 24.3 Å². The first kappa shape index (κ1) is 5.59. The first-order chi connectivity index (χ1) is 4.88. The Bertz CT molecular complexity index is 245. The Morgan fingerprint density at radius 3 is 3.40 bits per heavy atom. The van der Waals surface area contributed by atoms with Gasteiger partial charge in [-0.05, 0) is 6.07 Å². The molecule has 1 aromatic carbocycles. The number of benzene rings is 1. The van der Waals surface area contributed by atoms with Gasteiger partial charge in [-0.15, -0.1) is 0 Å². The van der Waals surface area contributed by atoms with Gasteiger partial charge in [-0.1, -0.05) is 12.1 Å². The fourth-order valence-electron chi connectivity index (χ4n) is 1.17. The number of rotatable bonds is 0. The predicted molar refractivity (Wildman–Crippen MR) is 42.2 cm³/mol. The van der Waals surface area contributed by atoms with Gasteiger partial charge in [0.2, 0.25) is 0 Å². The average Bonchev–Trinajstić information content (AvgIpc) is 2.34. The lowest BCUT2D eigenvalue weighted by Crippen LogP contribution is -2.15. The van der Waals surface area contributed by atoms with Crippen molar-refractivity contribution in [2.45, 2.75) is 0 Å². The van der Waals surface area contributed by atoms with Crippen LogP contribution < -0.4 is 10.2 Å². The number of hydrogen-bond donors (Lipinski definition) is 1. The molecule has 0 saturated heterocycles. The van der Waals surface area contributed by atoms with Gasteiger partial charge in [0, 0.05) is 13.1 Å². The van der Waals surface area contributed by atoms with Gasteiger partial charge in [-0.25, -0.2) is 0 Å². The molecule has 1 aromatic rings. The standard InChI is InChI=1S/C8H9N2/c1-10-6-9-7-4-2-3-5-8(7)10/h2-4,9H,6H2,1H3. The van der Waals surface area contributed by atoms with E-state index in [9.17, 15) is 0 Å². The molecular weight excluding hydrogens is 124 g/mol. The molecule has 1 N–H and O–H groups in total. The Kier molecular flexibility index (Phi) is 1.07. The zero-order valence-corrected chi connectivity index (χ0v) is 5.89. The highest BCUT2D eigenvalue weighted by Gasteiger charge is 2.12. The van der Waals surface area contributed by atoms with E-state index in [-0.39, 0.29) is 0 Å². The summed E-state index contributed by atoms with van der Waals surface area (Å²) >= 11 is 0.